The van der Waals surface area contributed by atoms with E-state index in [0.717, 1.165) is 5.56 Å². The quantitative estimate of drug-likeness (QED) is 0.779. The second-order valence-corrected chi connectivity index (χ2v) is 4.01. The molecule has 0 aliphatic carbocycles. The van der Waals surface area contributed by atoms with Gasteiger partial charge in [-0.3, -0.25) is 4.79 Å². The Morgan fingerprint density at radius 3 is 2.78 bits per heavy atom. The first-order chi connectivity index (χ1) is 8.69. The van der Waals surface area contributed by atoms with Crippen molar-refractivity contribution in [2.75, 3.05) is 13.2 Å². The first-order valence-corrected chi connectivity index (χ1v) is 6.35. The number of rotatable bonds is 7. The highest BCUT2D eigenvalue weighted by Crippen LogP contribution is 2.26. The van der Waals surface area contributed by atoms with Crippen LogP contribution in [0.15, 0.2) is 24.3 Å². The number of carbonyl (C=O) groups excluding carboxylic acids is 1. The minimum atomic E-state index is -0.523. The first-order valence-electron chi connectivity index (χ1n) is 6.35. The summed E-state index contributed by atoms with van der Waals surface area (Å²) in [5, 5.41) is 12.6. The number of ether oxygens (including phenoxy) is 1. The number of hydrogen-bond acceptors (Lipinski definition) is 3. The number of carbonyl (C=O) groups is 1. The molecule has 0 aliphatic heterocycles. The highest BCUT2D eigenvalue weighted by molar-refractivity contribution is 5.75. The average Bonchev–Trinajstić information content (AvgIpc) is 2.39. The van der Waals surface area contributed by atoms with Crippen LogP contribution in [0.2, 0.25) is 0 Å². The maximum atomic E-state index is 11.3. The molecule has 1 atom stereocenters. The van der Waals surface area contributed by atoms with Gasteiger partial charge in [-0.15, -0.1) is 0 Å². The summed E-state index contributed by atoms with van der Waals surface area (Å²) in [6.07, 6.45) is 0.437. The van der Waals surface area contributed by atoms with Crippen LogP contribution in [-0.2, 0) is 4.79 Å². The van der Waals surface area contributed by atoms with Crippen LogP contribution in [0.5, 0.6) is 5.75 Å². The zero-order chi connectivity index (χ0) is 13.4. The van der Waals surface area contributed by atoms with Gasteiger partial charge in [-0.2, -0.15) is 0 Å². The van der Waals surface area contributed by atoms with E-state index in [-0.39, 0.29) is 5.91 Å². The highest BCUT2D eigenvalue weighted by atomic mass is 16.5. The van der Waals surface area contributed by atoms with Crippen molar-refractivity contribution in [2.45, 2.75) is 32.8 Å². The zero-order valence-electron chi connectivity index (χ0n) is 11.0. The molecule has 0 unspecified atom stereocenters. The van der Waals surface area contributed by atoms with Gasteiger partial charge in [0, 0.05) is 12.1 Å². The van der Waals surface area contributed by atoms with Crippen molar-refractivity contribution in [1.29, 1.82) is 0 Å². The monoisotopic (exact) mass is 251 g/mol. The van der Waals surface area contributed by atoms with Crippen LogP contribution in [0.3, 0.4) is 0 Å². The molecule has 1 aromatic rings. The molecule has 18 heavy (non-hydrogen) atoms. The number of nitrogens with one attached hydrogen (secondary N) is 1. The Kier molecular flexibility index (Phi) is 6.22. The summed E-state index contributed by atoms with van der Waals surface area (Å²) in [5.74, 6) is 0.627. The van der Waals surface area contributed by atoms with E-state index < -0.39 is 6.10 Å². The summed E-state index contributed by atoms with van der Waals surface area (Å²) in [4.78, 5) is 11.3. The number of aliphatic hydroxyl groups is 1. The number of para-hydroxylation sites is 1. The first kappa shape index (κ1) is 14.5. The lowest BCUT2D eigenvalue weighted by atomic mass is 10.1. The Morgan fingerprint density at radius 2 is 2.11 bits per heavy atom. The SMILES string of the molecule is CCNC(=O)CCOc1ccccc1[C@H](O)CC. The lowest BCUT2D eigenvalue weighted by molar-refractivity contribution is -0.121. The van der Waals surface area contributed by atoms with Crippen LogP contribution in [0.25, 0.3) is 0 Å². The third-order valence-electron chi connectivity index (χ3n) is 2.63. The molecular weight excluding hydrogens is 230 g/mol. The van der Waals surface area contributed by atoms with E-state index in [2.05, 4.69) is 5.32 Å². The molecule has 0 saturated heterocycles. The van der Waals surface area contributed by atoms with E-state index in [1.807, 2.05) is 38.1 Å². The summed E-state index contributed by atoms with van der Waals surface area (Å²) in [6, 6.07) is 7.37. The molecule has 0 bridgehead atoms. The molecule has 100 valence electrons. The Balaban J connectivity index is 2.54. The molecule has 0 fully saturated rings. The van der Waals surface area contributed by atoms with Crippen molar-refractivity contribution in [1.82, 2.24) is 5.32 Å². The summed E-state index contributed by atoms with van der Waals surface area (Å²) in [7, 11) is 0. The third-order valence-corrected chi connectivity index (χ3v) is 2.63. The Labute approximate surface area is 108 Å². The van der Waals surface area contributed by atoms with Crippen molar-refractivity contribution >= 4 is 5.91 Å². The average molecular weight is 251 g/mol. The molecule has 0 aromatic heterocycles. The lowest BCUT2D eigenvalue weighted by Gasteiger charge is -2.14. The van der Waals surface area contributed by atoms with Crippen molar-refractivity contribution < 1.29 is 14.6 Å². The largest absolute Gasteiger partial charge is 0.493 e. The summed E-state index contributed by atoms with van der Waals surface area (Å²) < 4.78 is 5.56. The normalized spacial score (nSPS) is 11.9. The van der Waals surface area contributed by atoms with Gasteiger partial charge in [-0.25, -0.2) is 0 Å². The summed E-state index contributed by atoms with van der Waals surface area (Å²) in [5.41, 5.74) is 0.774. The van der Waals surface area contributed by atoms with Gasteiger partial charge in [0.05, 0.1) is 19.1 Å². The predicted octanol–water partition coefficient (Wildman–Crippen LogP) is 2.04. The van der Waals surface area contributed by atoms with Crippen LogP contribution in [-0.4, -0.2) is 24.2 Å². The molecule has 1 amide bonds. The Bertz CT molecular complexity index is 379. The number of benzene rings is 1. The zero-order valence-corrected chi connectivity index (χ0v) is 11.0. The van der Waals surface area contributed by atoms with Gasteiger partial charge in [-0.1, -0.05) is 25.1 Å². The van der Waals surface area contributed by atoms with E-state index in [1.54, 1.807) is 0 Å². The number of hydrogen-bond donors (Lipinski definition) is 2. The molecule has 4 nitrogen and oxygen atoms in total. The maximum Gasteiger partial charge on any atom is 0.223 e. The Morgan fingerprint density at radius 1 is 1.39 bits per heavy atom. The number of amides is 1. The van der Waals surface area contributed by atoms with Crippen molar-refractivity contribution in [2.24, 2.45) is 0 Å². The molecule has 0 radical (unpaired) electrons. The maximum absolute atomic E-state index is 11.3. The van der Waals surface area contributed by atoms with Crippen molar-refractivity contribution in [3.8, 4) is 5.75 Å². The molecule has 2 N–H and O–H groups in total. The van der Waals surface area contributed by atoms with E-state index in [9.17, 15) is 9.90 Å². The lowest BCUT2D eigenvalue weighted by Crippen LogP contribution is -2.24. The van der Waals surface area contributed by atoms with Gasteiger partial charge >= 0.3 is 0 Å². The van der Waals surface area contributed by atoms with Gasteiger partial charge in [0.15, 0.2) is 0 Å². The molecule has 0 heterocycles. The highest BCUT2D eigenvalue weighted by Gasteiger charge is 2.11. The molecule has 0 saturated carbocycles. The molecule has 0 spiro atoms. The Hall–Kier alpha value is -1.55. The molecule has 1 rings (SSSR count). The van der Waals surface area contributed by atoms with Gasteiger partial charge in [0.25, 0.3) is 0 Å². The van der Waals surface area contributed by atoms with E-state index in [1.165, 1.54) is 0 Å². The fourth-order valence-corrected chi connectivity index (χ4v) is 1.65. The van der Waals surface area contributed by atoms with Crippen LogP contribution < -0.4 is 10.1 Å². The molecule has 0 aliphatic rings. The minimum Gasteiger partial charge on any atom is -0.493 e. The van der Waals surface area contributed by atoms with Crippen LogP contribution >= 0.6 is 0 Å². The van der Waals surface area contributed by atoms with Crippen molar-refractivity contribution in [3.05, 3.63) is 29.8 Å². The topological polar surface area (TPSA) is 58.6 Å². The summed E-state index contributed by atoms with van der Waals surface area (Å²) in [6.45, 7) is 4.74. The van der Waals surface area contributed by atoms with Gasteiger partial charge in [0.1, 0.15) is 5.75 Å². The molecule has 1 aromatic carbocycles. The fourth-order valence-electron chi connectivity index (χ4n) is 1.65. The van der Waals surface area contributed by atoms with Gasteiger partial charge < -0.3 is 15.2 Å². The fraction of sp³-hybridized carbons (Fsp3) is 0.500. The smallest absolute Gasteiger partial charge is 0.223 e. The number of aliphatic hydroxyl groups excluding tert-OH is 1. The minimum absolute atomic E-state index is 0.0222. The van der Waals surface area contributed by atoms with Crippen LogP contribution in [0, 0.1) is 0 Å². The van der Waals surface area contributed by atoms with Gasteiger partial charge in [-0.05, 0) is 19.4 Å². The third kappa shape index (κ3) is 4.37. The predicted molar refractivity (Wildman–Crippen MR) is 70.5 cm³/mol. The second kappa shape index (κ2) is 7.71. The van der Waals surface area contributed by atoms with E-state index in [4.69, 9.17) is 4.74 Å². The van der Waals surface area contributed by atoms with Gasteiger partial charge in [0.2, 0.25) is 5.91 Å². The van der Waals surface area contributed by atoms with Crippen LogP contribution in [0.1, 0.15) is 38.4 Å². The second-order valence-electron chi connectivity index (χ2n) is 4.01. The van der Waals surface area contributed by atoms with E-state index >= 15 is 0 Å². The van der Waals surface area contributed by atoms with E-state index in [0.29, 0.717) is 31.7 Å². The standard InChI is InChI=1S/C14H21NO3/c1-3-12(16)11-7-5-6-8-13(11)18-10-9-14(17)15-4-2/h5-8,12,16H,3-4,9-10H2,1-2H3,(H,15,17)/t12-/m1/s1. The molecule has 4 heteroatoms. The molecular formula is C14H21NO3. The summed E-state index contributed by atoms with van der Waals surface area (Å²) >= 11 is 0. The van der Waals surface area contributed by atoms with Crippen molar-refractivity contribution in [3.63, 3.8) is 0 Å². The van der Waals surface area contributed by atoms with Crippen LogP contribution in [0.4, 0.5) is 0 Å².